The van der Waals surface area contributed by atoms with Gasteiger partial charge in [0.25, 0.3) is 0 Å². The van der Waals surface area contributed by atoms with E-state index in [9.17, 15) is 0 Å². The van der Waals surface area contributed by atoms with E-state index in [0.29, 0.717) is 5.11 Å². The summed E-state index contributed by atoms with van der Waals surface area (Å²) in [5.74, 6) is 0.997. The van der Waals surface area contributed by atoms with Crippen LogP contribution in [0.15, 0.2) is 53.1 Å². The lowest BCUT2D eigenvalue weighted by molar-refractivity contribution is 0.216. The Bertz CT molecular complexity index is 579. The van der Waals surface area contributed by atoms with Gasteiger partial charge in [0, 0.05) is 12.2 Å². The van der Waals surface area contributed by atoms with E-state index < -0.39 is 0 Å². The number of anilines is 1. The number of nitrogens with one attached hydrogen (secondary N) is 2. The molecule has 0 aliphatic carbocycles. The smallest absolute Gasteiger partial charge is 0.170 e. The summed E-state index contributed by atoms with van der Waals surface area (Å²) in [6.07, 6.45) is 4.24. The Morgan fingerprint density at radius 3 is 2.59 bits per heavy atom. The SMILES string of the molecule is S=C(NC[C@@H](c1ccco1)N1CCCC1)Nc1ccccc1. The van der Waals surface area contributed by atoms with Crippen LogP contribution in [0.5, 0.6) is 0 Å². The third kappa shape index (κ3) is 3.87. The van der Waals surface area contributed by atoms with Gasteiger partial charge >= 0.3 is 0 Å². The molecule has 1 aromatic carbocycles. The predicted molar refractivity (Wildman–Crippen MR) is 92.9 cm³/mol. The average molecular weight is 315 g/mol. The molecule has 1 saturated heterocycles. The van der Waals surface area contributed by atoms with Gasteiger partial charge < -0.3 is 15.1 Å². The van der Waals surface area contributed by atoms with E-state index in [1.807, 2.05) is 42.5 Å². The largest absolute Gasteiger partial charge is 0.468 e. The van der Waals surface area contributed by atoms with Crippen LogP contribution in [0.4, 0.5) is 5.69 Å². The lowest BCUT2D eigenvalue weighted by Gasteiger charge is -2.26. The van der Waals surface area contributed by atoms with E-state index in [0.717, 1.165) is 31.1 Å². The molecule has 1 atom stereocenters. The first-order chi connectivity index (χ1) is 10.8. The molecule has 2 aromatic rings. The van der Waals surface area contributed by atoms with Crippen molar-refractivity contribution >= 4 is 23.0 Å². The van der Waals surface area contributed by atoms with Crippen LogP contribution in [-0.2, 0) is 0 Å². The summed E-state index contributed by atoms with van der Waals surface area (Å²) in [5.41, 5.74) is 0.996. The van der Waals surface area contributed by atoms with Crippen molar-refractivity contribution in [2.45, 2.75) is 18.9 Å². The molecule has 1 fully saturated rings. The molecule has 22 heavy (non-hydrogen) atoms. The quantitative estimate of drug-likeness (QED) is 0.828. The van der Waals surface area contributed by atoms with Gasteiger partial charge in [0.05, 0.1) is 12.3 Å². The highest BCUT2D eigenvalue weighted by Gasteiger charge is 2.25. The van der Waals surface area contributed by atoms with Crippen LogP contribution in [0.1, 0.15) is 24.6 Å². The summed E-state index contributed by atoms with van der Waals surface area (Å²) in [4.78, 5) is 2.46. The zero-order valence-corrected chi connectivity index (χ0v) is 13.3. The van der Waals surface area contributed by atoms with Gasteiger partial charge in [0.1, 0.15) is 5.76 Å². The van der Waals surface area contributed by atoms with Gasteiger partial charge in [-0.05, 0) is 62.4 Å². The average Bonchev–Trinajstić information content (AvgIpc) is 3.22. The maximum absolute atomic E-state index is 5.61. The number of thiocarbonyl (C=S) groups is 1. The van der Waals surface area contributed by atoms with Crippen molar-refractivity contribution in [2.75, 3.05) is 25.0 Å². The van der Waals surface area contributed by atoms with Crippen molar-refractivity contribution < 1.29 is 4.42 Å². The van der Waals surface area contributed by atoms with Crippen molar-refractivity contribution in [3.05, 3.63) is 54.5 Å². The fourth-order valence-electron chi connectivity index (χ4n) is 2.83. The molecule has 0 radical (unpaired) electrons. The Labute approximate surface area is 136 Å². The Morgan fingerprint density at radius 2 is 1.91 bits per heavy atom. The highest BCUT2D eigenvalue weighted by atomic mass is 32.1. The van der Waals surface area contributed by atoms with Crippen LogP contribution >= 0.6 is 12.2 Å². The highest BCUT2D eigenvalue weighted by molar-refractivity contribution is 7.80. The minimum absolute atomic E-state index is 0.230. The Kier molecular flexibility index (Phi) is 5.08. The van der Waals surface area contributed by atoms with E-state index in [2.05, 4.69) is 15.5 Å². The maximum atomic E-state index is 5.61. The maximum Gasteiger partial charge on any atom is 0.170 e. The van der Waals surface area contributed by atoms with E-state index in [1.54, 1.807) is 6.26 Å². The summed E-state index contributed by atoms with van der Waals surface area (Å²) >= 11 is 5.39. The summed E-state index contributed by atoms with van der Waals surface area (Å²) < 4.78 is 5.61. The van der Waals surface area contributed by atoms with Crippen LogP contribution in [-0.4, -0.2) is 29.6 Å². The molecule has 116 valence electrons. The molecule has 0 spiro atoms. The van der Waals surface area contributed by atoms with E-state index in [4.69, 9.17) is 16.6 Å². The highest BCUT2D eigenvalue weighted by Crippen LogP contribution is 2.24. The van der Waals surface area contributed by atoms with Crippen molar-refractivity contribution in [2.24, 2.45) is 0 Å². The molecule has 0 saturated carbocycles. The van der Waals surface area contributed by atoms with E-state index in [-0.39, 0.29) is 6.04 Å². The summed E-state index contributed by atoms with van der Waals surface area (Å²) in [6, 6.07) is 14.2. The Hall–Kier alpha value is -1.85. The normalized spacial score (nSPS) is 16.4. The molecule has 5 heteroatoms. The number of likely N-dealkylation sites (tertiary alicyclic amines) is 1. The zero-order valence-electron chi connectivity index (χ0n) is 12.5. The summed E-state index contributed by atoms with van der Waals surface area (Å²) in [6.45, 7) is 2.98. The number of nitrogens with zero attached hydrogens (tertiary/aromatic N) is 1. The molecule has 1 aromatic heterocycles. The van der Waals surface area contributed by atoms with Gasteiger partial charge in [-0.1, -0.05) is 18.2 Å². The number of rotatable bonds is 5. The van der Waals surface area contributed by atoms with Crippen LogP contribution < -0.4 is 10.6 Å². The van der Waals surface area contributed by atoms with Crippen LogP contribution in [0.3, 0.4) is 0 Å². The fraction of sp³-hybridized carbons (Fsp3) is 0.353. The number of hydrogen-bond acceptors (Lipinski definition) is 3. The van der Waals surface area contributed by atoms with Crippen LogP contribution in [0, 0.1) is 0 Å². The van der Waals surface area contributed by atoms with Gasteiger partial charge in [-0.15, -0.1) is 0 Å². The van der Waals surface area contributed by atoms with Gasteiger partial charge in [0.15, 0.2) is 5.11 Å². The van der Waals surface area contributed by atoms with Gasteiger partial charge in [0.2, 0.25) is 0 Å². The van der Waals surface area contributed by atoms with Crippen molar-refractivity contribution in [3.63, 3.8) is 0 Å². The molecule has 1 aliphatic heterocycles. The third-order valence-corrected chi connectivity index (χ3v) is 4.19. The third-order valence-electron chi connectivity index (χ3n) is 3.94. The molecule has 0 bridgehead atoms. The Morgan fingerprint density at radius 1 is 1.14 bits per heavy atom. The molecule has 0 unspecified atom stereocenters. The molecule has 3 rings (SSSR count). The first kappa shape index (κ1) is 15.1. The van der Waals surface area contributed by atoms with E-state index >= 15 is 0 Å². The number of hydrogen-bond donors (Lipinski definition) is 2. The summed E-state index contributed by atoms with van der Waals surface area (Å²) in [7, 11) is 0. The lowest BCUT2D eigenvalue weighted by Crippen LogP contribution is -2.38. The molecule has 2 heterocycles. The standard InChI is InChI=1S/C17H21N3OS/c22-17(19-14-7-2-1-3-8-14)18-13-15(16-9-6-12-21-16)20-10-4-5-11-20/h1-3,6-9,12,15H,4-5,10-11,13H2,(H2,18,19,22)/t15-/m0/s1. The van der Waals surface area contributed by atoms with Crippen LogP contribution in [0.2, 0.25) is 0 Å². The number of benzene rings is 1. The van der Waals surface area contributed by atoms with Crippen LogP contribution in [0.25, 0.3) is 0 Å². The topological polar surface area (TPSA) is 40.4 Å². The molecular weight excluding hydrogens is 294 g/mol. The van der Waals surface area contributed by atoms with Gasteiger partial charge in [-0.2, -0.15) is 0 Å². The first-order valence-electron chi connectivity index (χ1n) is 7.70. The first-order valence-corrected chi connectivity index (χ1v) is 8.11. The van der Waals surface area contributed by atoms with Crippen molar-refractivity contribution in [3.8, 4) is 0 Å². The number of furan rings is 1. The fourth-order valence-corrected chi connectivity index (χ4v) is 3.03. The molecule has 0 amide bonds. The van der Waals surface area contributed by atoms with Crippen molar-refractivity contribution in [1.29, 1.82) is 0 Å². The Balaban J connectivity index is 1.58. The second kappa shape index (κ2) is 7.42. The second-order valence-electron chi connectivity index (χ2n) is 5.48. The van der Waals surface area contributed by atoms with Gasteiger partial charge in [-0.3, -0.25) is 4.90 Å². The second-order valence-corrected chi connectivity index (χ2v) is 5.88. The number of para-hydroxylation sites is 1. The minimum Gasteiger partial charge on any atom is -0.468 e. The minimum atomic E-state index is 0.230. The summed E-state index contributed by atoms with van der Waals surface area (Å²) in [5, 5.41) is 7.16. The van der Waals surface area contributed by atoms with Gasteiger partial charge in [-0.25, -0.2) is 0 Å². The molecule has 2 N–H and O–H groups in total. The lowest BCUT2D eigenvalue weighted by atomic mass is 10.2. The van der Waals surface area contributed by atoms with E-state index in [1.165, 1.54) is 12.8 Å². The zero-order chi connectivity index (χ0) is 15.2. The molecular formula is C17H21N3OS. The van der Waals surface area contributed by atoms with Crippen molar-refractivity contribution in [1.82, 2.24) is 10.2 Å². The monoisotopic (exact) mass is 315 g/mol. The molecule has 1 aliphatic rings. The predicted octanol–water partition coefficient (Wildman–Crippen LogP) is 3.40. The molecule has 4 nitrogen and oxygen atoms in total.